The predicted molar refractivity (Wildman–Crippen MR) is 99.9 cm³/mol. The minimum absolute atomic E-state index is 0.107. The highest BCUT2D eigenvalue weighted by molar-refractivity contribution is 7.80. The van der Waals surface area contributed by atoms with Gasteiger partial charge in [-0.25, -0.2) is 0 Å². The first-order valence-corrected chi connectivity index (χ1v) is 8.67. The summed E-state index contributed by atoms with van der Waals surface area (Å²) in [4.78, 5) is 14.2. The van der Waals surface area contributed by atoms with E-state index in [1.807, 2.05) is 45.0 Å². The zero-order valence-electron chi connectivity index (χ0n) is 13.9. The van der Waals surface area contributed by atoms with Crippen LogP contribution in [-0.4, -0.2) is 35.1 Å². The summed E-state index contributed by atoms with van der Waals surface area (Å²) in [5, 5.41) is 7.73. The normalized spacial score (nSPS) is 16.1. The van der Waals surface area contributed by atoms with Crippen LogP contribution in [0.4, 0.5) is 5.69 Å². The molecule has 0 radical (unpaired) electrons. The van der Waals surface area contributed by atoms with E-state index in [1.54, 1.807) is 0 Å². The van der Waals surface area contributed by atoms with Crippen LogP contribution in [-0.2, 0) is 4.79 Å². The van der Waals surface area contributed by atoms with E-state index in [-0.39, 0.29) is 17.4 Å². The Balaban J connectivity index is 1.82. The molecule has 0 atom stereocenters. The molecule has 4 nitrogen and oxygen atoms in total. The van der Waals surface area contributed by atoms with Crippen LogP contribution in [0.25, 0.3) is 0 Å². The standard InChI is InChI=1S/C17H24ClN3OS/c1-17(2,3)15(22)19-13-7-9-21(10-8-13)16(23)20-14-6-4-5-12(18)11-14/h4-6,11,13H,7-10H2,1-3H3,(H,19,22)(H,20,23). The average Bonchev–Trinajstić information content (AvgIpc) is 2.47. The summed E-state index contributed by atoms with van der Waals surface area (Å²) in [6.07, 6.45) is 1.80. The number of anilines is 1. The highest BCUT2D eigenvalue weighted by Gasteiger charge is 2.27. The number of carbonyl (C=O) groups is 1. The first-order valence-electron chi connectivity index (χ1n) is 7.88. The molecule has 2 rings (SSSR count). The van der Waals surface area contributed by atoms with Gasteiger partial charge in [0.25, 0.3) is 0 Å². The van der Waals surface area contributed by atoms with Gasteiger partial charge in [0.2, 0.25) is 5.91 Å². The number of piperidine rings is 1. The van der Waals surface area contributed by atoms with Gasteiger partial charge in [0, 0.05) is 35.3 Å². The molecule has 126 valence electrons. The van der Waals surface area contributed by atoms with Gasteiger partial charge in [-0.2, -0.15) is 0 Å². The molecule has 1 fully saturated rings. The number of benzene rings is 1. The Morgan fingerprint density at radius 1 is 1.30 bits per heavy atom. The van der Waals surface area contributed by atoms with Crippen LogP contribution in [0.3, 0.4) is 0 Å². The second kappa shape index (κ2) is 7.49. The fraction of sp³-hybridized carbons (Fsp3) is 0.529. The average molecular weight is 354 g/mol. The highest BCUT2D eigenvalue weighted by atomic mass is 35.5. The predicted octanol–water partition coefficient (Wildman–Crippen LogP) is 3.66. The Kier molecular flexibility index (Phi) is 5.87. The van der Waals surface area contributed by atoms with Gasteiger partial charge in [0.1, 0.15) is 0 Å². The zero-order valence-corrected chi connectivity index (χ0v) is 15.4. The summed E-state index contributed by atoms with van der Waals surface area (Å²) < 4.78 is 0. The molecule has 0 aliphatic carbocycles. The molecule has 0 aromatic heterocycles. The third kappa shape index (κ3) is 5.36. The van der Waals surface area contributed by atoms with Crippen molar-refractivity contribution in [3.63, 3.8) is 0 Å². The molecule has 0 spiro atoms. The lowest BCUT2D eigenvalue weighted by molar-refractivity contribution is -0.129. The number of nitrogens with zero attached hydrogens (tertiary/aromatic N) is 1. The van der Waals surface area contributed by atoms with Gasteiger partial charge in [0.05, 0.1) is 0 Å². The van der Waals surface area contributed by atoms with Crippen molar-refractivity contribution in [2.24, 2.45) is 5.41 Å². The minimum Gasteiger partial charge on any atom is -0.353 e. The molecule has 1 saturated heterocycles. The van der Waals surface area contributed by atoms with Gasteiger partial charge in [-0.05, 0) is 43.3 Å². The summed E-state index contributed by atoms with van der Waals surface area (Å²) in [5.74, 6) is 0.107. The molecule has 2 N–H and O–H groups in total. The lowest BCUT2D eigenvalue weighted by atomic mass is 9.94. The molecular weight excluding hydrogens is 330 g/mol. The third-order valence-electron chi connectivity index (χ3n) is 3.87. The highest BCUT2D eigenvalue weighted by Crippen LogP contribution is 2.18. The lowest BCUT2D eigenvalue weighted by Gasteiger charge is -2.35. The zero-order chi connectivity index (χ0) is 17.0. The van der Waals surface area contributed by atoms with Crippen LogP contribution in [0.15, 0.2) is 24.3 Å². The van der Waals surface area contributed by atoms with Crippen molar-refractivity contribution in [1.82, 2.24) is 10.2 Å². The number of hydrogen-bond acceptors (Lipinski definition) is 2. The van der Waals surface area contributed by atoms with Crippen molar-refractivity contribution >= 4 is 40.5 Å². The van der Waals surface area contributed by atoms with Crippen molar-refractivity contribution in [3.05, 3.63) is 29.3 Å². The van der Waals surface area contributed by atoms with Gasteiger partial charge >= 0.3 is 0 Å². The van der Waals surface area contributed by atoms with Crippen molar-refractivity contribution < 1.29 is 4.79 Å². The van der Waals surface area contributed by atoms with Gasteiger partial charge in [-0.3, -0.25) is 4.79 Å². The number of amides is 1. The molecule has 0 unspecified atom stereocenters. The van der Waals surface area contributed by atoms with E-state index in [9.17, 15) is 4.79 Å². The molecule has 0 saturated carbocycles. The van der Waals surface area contributed by atoms with E-state index in [0.29, 0.717) is 10.1 Å². The van der Waals surface area contributed by atoms with E-state index in [0.717, 1.165) is 31.6 Å². The molecule has 1 aromatic carbocycles. The topological polar surface area (TPSA) is 44.4 Å². The molecule has 1 aliphatic rings. The Morgan fingerprint density at radius 3 is 2.52 bits per heavy atom. The Morgan fingerprint density at radius 2 is 1.96 bits per heavy atom. The maximum atomic E-state index is 12.0. The van der Waals surface area contributed by atoms with Crippen LogP contribution in [0.2, 0.25) is 5.02 Å². The number of nitrogens with one attached hydrogen (secondary N) is 2. The fourth-order valence-corrected chi connectivity index (χ4v) is 2.89. The summed E-state index contributed by atoms with van der Waals surface area (Å²) in [6, 6.07) is 7.74. The SMILES string of the molecule is CC(C)(C)C(=O)NC1CCN(C(=S)Nc2cccc(Cl)c2)CC1. The quantitative estimate of drug-likeness (QED) is 0.796. The smallest absolute Gasteiger partial charge is 0.225 e. The number of rotatable bonds is 2. The van der Waals surface area contributed by atoms with E-state index in [1.165, 1.54) is 0 Å². The largest absolute Gasteiger partial charge is 0.353 e. The maximum Gasteiger partial charge on any atom is 0.225 e. The Bertz CT molecular complexity index is 577. The minimum atomic E-state index is -0.347. The molecular formula is C17H24ClN3OS. The number of likely N-dealkylation sites (tertiary alicyclic amines) is 1. The fourth-order valence-electron chi connectivity index (χ4n) is 2.40. The van der Waals surface area contributed by atoms with E-state index in [4.69, 9.17) is 23.8 Å². The van der Waals surface area contributed by atoms with Crippen LogP contribution in [0.1, 0.15) is 33.6 Å². The third-order valence-corrected chi connectivity index (χ3v) is 4.47. The Labute approximate surface area is 148 Å². The van der Waals surface area contributed by atoms with Crippen LogP contribution < -0.4 is 10.6 Å². The number of halogens is 1. The van der Waals surface area contributed by atoms with Gasteiger partial charge in [-0.15, -0.1) is 0 Å². The van der Waals surface area contributed by atoms with Gasteiger partial charge in [-0.1, -0.05) is 38.4 Å². The van der Waals surface area contributed by atoms with Gasteiger partial charge < -0.3 is 15.5 Å². The molecule has 1 heterocycles. The van der Waals surface area contributed by atoms with E-state index in [2.05, 4.69) is 15.5 Å². The first kappa shape index (κ1) is 18.0. The monoisotopic (exact) mass is 353 g/mol. The second-order valence-electron chi connectivity index (χ2n) is 6.93. The van der Waals surface area contributed by atoms with E-state index < -0.39 is 0 Å². The molecule has 1 aromatic rings. The van der Waals surface area contributed by atoms with Crippen LogP contribution in [0.5, 0.6) is 0 Å². The second-order valence-corrected chi connectivity index (χ2v) is 7.75. The summed E-state index contributed by atoms with van der Waals surface area (Å²) >= 11 is 11.5. The van der Waals surface area contributed by atoms with Crippen molar-refractivity contribution in [2.45, 2.75) is 39.7 Å². The number of thiocarbonyl (C=S) groups is 1. The number of carbonyl (C=O) groups excluding carboxylic acids is 1. The molecule has 0 bridgehead atoms. The summed E-state index contributed by atoms with van der Waals surface area (Å²) in [6.45, 7) is 7.47. The van der Waals surface area contributed by atoms with Gasteiger partial charge in [0.15, 0.2) is 5.11 Å². The molecule has 6 heteroatoms. The lowest BCUT2D eigenvalue weighted by Crippen LogP contribution is -2.49. The van der Waals surface area contributed by atoms with Crippen molar-refractivity contribution in [1.29, 1.82) is 0 Å². The van der Waals surface area contributed by atoms with Crippen molar-refractivity contribution in [2.75, 3.05) is 18.4 Å². The molecule has 1 aliphatic heterocycles. The van der Waals surface area contributed by atoms with Crippen LogP contribution in [0, 0.1) is 5.41 Å². The first-order chi connectivity index (χ1) is 10.8. The number of hydrogen-bond donors (Lipinski definition) is 2. The summed E-state index contributed by atoms with van der Waals surface area (Å²) in [5.41, 5.74) is 0.547. The Hall–Kier alpha value is -1.33. The van der Waals surface area contributed by atoms with Crippen molar-refractivity contribution in [3.8, 4) is 0 Å². The van der Waals surface area contributed by atoms with E-state index >= 15 is 0 Å². The molecule has 23 heavy (non-hydrogen) atoms. The van der Waals surface area contributed by atoms with Crippen LogP contribution >= 0.6 is 23.8 Å². The maximum absolute atomic E-state index is 12.0. The summed E-state index contributed by atoms with van der Waals surface area (Å²) in [7, 11) is 0. The molecule has 1 amide bonds.